The van der Waals surface area contributed by atoms with Crippen LogP contribution < -0.4 is 5.73 Å². The fraction of sp³-hybridized carbons (Fsp3) is 0.105. The van der Waals surface area contributed by atoms with Gasteiger partial charge >= 0.3 is 0 Å². The van der Waals surface area contributed by atoms with E-state index < -0.39 is 0 Å². The number of halogens is 2. The van der Waals surface area contributed by atoms with Crippen LogP contribution in [-0.4, -0.2) is 9.97 Å². The summed E-state index contributed by atoms with van der Waals surface area (Å²) in [5, 5.41) is 9.82. The number of hydrogen-bond acceptors (Lipinski definition) is 5. The van der Waals surface area contributed by atoms with Crippen LogP contribution in [0.4, 0.5) is 10.2 Å². The maximum absolute atomic E-state index is 13.9. The van der Waals surface area contributed by atoms with Gasteiger partial charge in [0.1, 0.15) is 23.3 Å². The first-order valence-corrected chi connectivity index (χ1v) is 9.52. The summed E-state index contributed by atoms with van der Waals surface area (Å²) in [6.07, 6.45) is 0.189. The first-order valence-electron chi connectivity index (χ1n) is 7.74. The molecule has 2 N–H and O–H groups in total. The van der Waals surface area contributed by atoms with E-state index in [0.717, 1.165) is 10.0 Å². The third-order valence-electron chi connectivity index (χ3n) is 3.70. The highest BCUT2D eigenvalue weighted by molar-refractivity contribution is 9.10. The van der Waals surface area contributed by atoms with Crippen LogP contribution in [0.2, 0.25) is 0 Å². The highest BCUT2D eigenvalue weighted by Crippen LogP contribution is 2.25. The van der Waals surface area contributed by atoms with E-state index in [1.54, 1.807) is 18.2 Å². The molecule has 130 valence electrons. The van der Waals surface area contributed by atoms with Crippen LogP contribution in [0.1, 0.15) is 22.4 Å². The number of nitrogens with two attached hydrogens (primary N) is 1. The summed E-state index contributed by atoms with van der Waals surface area (Å²) in [5.74, 6) is 0.447. The number of rotatable bonds is 5. The lowest BCUT2D eigenvalue weighted by atomic mass is 10.1. The molecule has 3 aromatic rings. The molecule has 0 aliphatic rings. The van der Waals surface area contributed by atoms with E-state index in [0.29, 0.717) is 22.2 Å². The van der Waals surface area contributed by atoms with Crippen LogP contribution in [0, 0.1) is 17.1 Å². The monoisotopic (exact) mass is 428 g/mol. The fourth-order valence-corrected chi connectivity index (χ4v) is 3.46. The van der Waals surface area contributed by atoms with Gasteiger partial charge in [-0.1, -0.05) is 58.0 Å². The lowest BCUT2D eigenvalue weighted by Gasteiger charge is -2.09. The van der Waals surface area contributed by atoms with E-state index in [-0.39, 0.29) is 23.6 Å². The molecule has 0 radical (unpaired) electrons. The number of nitrogen functional groups attached to an aromatic ring is 1. The van der Waals surface area contributed by atoms with Gasteiger partial charge in [-0.25, -0.2) is 14.4 Å². The number of thioether (sulfide) groups is 1. The van der Waals surface area contributed by atoms with Crippen molar-refractivity contribution in [2.45, 2.75) is 17.3 Å². The molecule has 0 saturated carbocycles. The van der Waals surface area contributed by atoms with Crippen molar-refractivity contribution >= 4 is 33.5 Å². The second kappa shape index (κ2) is 8.30. The normalized spacial score (nSPS) is 10.5. The van der Waals surface area contributed by atoms with Gasteiger partial charge in [0, 0.05) is 16.6 Å². The van der Waals surface area contributed by atoms with Gasteiger partial charge in [0.15, 0.2) is 5.16 Å². The van der Waals surface area contributed by atoms with Crippen molar-refractivity contribution in [2.75, 3.05) is 5.73 Å². The molecule has 0 fully saturated rings. The number of anilines is 1. The fourth-order valence-electron chi connectivity index (χ4n) is 2.37. The standard InChI is InChI=1S/C19H14BrFN4S/c20-14-7-5-12(6-8-14)11-26-19-24-17(15(10-22)18(23)25-19)9-13-3-1-2-4-16(13)21/h1-8H,9,11H2,(H2,23,24,25). The smallest absolute Gasteiger partial charge is 0.190 e. The first kappa shape index (κ1) is 18.4. The van der Waals surface area contributed by atoms with Crippen molar-refractivity contribution in [2.24, 2.45) is 0 Å². The zero-order chi connectivity index (χ0) is 18.5. The van der Waals surface area contributed by atoms with Gasteiger partial charge in [-0.2, -0.15) is 5.26 Å². The van der Waals surface area contributed by atoms with Gasteiger partial charge in [0.2, 0.25) is 0 Å². The van der Waals surface area contributed by atoms with E-state index in [9.17, 15) is 9.65 Å². The number of nitriles is 1. The Kier molecular flexibility index (Phi) is 5.86. The Balaban J connectivity index is 1.85. The Morgan fingerprint density at radius 1 is 1.12 bits per heavy atom. The van der Waals surface area contributed by atoms with Gasteiger partial charge in [0.05, 0.1) is 5.69 Å². The van der Waals surface area contributed by atoms with Crippen molar-refractivity contribution < 1.29 is 4.39 Å². The molecule has 7 heteroatoms. The lowest BCUT2D eigenvalue weighted by molar-refractivity contribution is 0.612. The van der Waals surface area contributed by atoms with Gasteiger partial charge in [-0.05, 0) is 29.3 Å². The van der Waals surface area contributed by atoms with E-state index >= 15 is 0 Å². The summed E-state index contributed by atoms with van der Waals surface area (Å²) in [5.41, 5.74) is 8.13. The Bertz CT molecular complexity index is 970. The number of hydrogen-bond donors (Lipinski definition) is 1. The van der Waals surface area contributed by atoms with Crippen molar-refractivity contribution in [3.05, 3.63) is 81.2 Å². The van der Waals surface area contributed by atoms with Crippen LogP contribution >= 0.6 is 27.7 Å². The number of benzene rings is 2. The first-order chi connectivity index (χ1) is 12.6. The Labute approximate surface area is 163 Å². The summed E-state index contributed by atoms with van der Waals surface area (Å²) in [7, 11) is 0. The predicted octanol–water partition coefficient (Wildman–Crippen LogP) is 4.72. The topological polar surface area (TPSA) is 75.6 Å². The minimum absolute atomic E-state index is 0.118. The number of nitrogens with zero attached hydrogens (tertiary/aromatic N) is 3. The quantitative estimate of drug-likeness (QED) is 0.470. The summed E-state index contributed by atoms with van der Waals surface area (Å²) in [4.78, 5) is 8.65. The molecule has 0 aliphatic carbocycles. The average Bonchev–Trinajstić information content (AvgIpc) is 2.63. The molecule has 26 heavy (non-hydrogen) atoms. The highest BCUT2D eigenvalue weighted by Gasteiger charge is 2.15. The van der Waals surface area contributed by atoms with Crippen LogP contribution in [0.5, 0.6) is 0 Å². The third-order valence-corrected chi connectivity index (χ3v) is 5.15. The van der Waals surface area contributed by atoms with E-state index in [1.165, 1.54) is 17.8 Å². The summed E-state index contributed by atoms with van der Waals surface area (Å²) < 4.78 is 15.0. The van der Waals surface area contributed by atoms with Crippen molar-refractivity contribution in [3.8, 4) is 6.07 Å². The number of aromatic nitrogens is 2. The van der Waals surface area contributed by atoms with Crippen LogP contribution in [0.3, 0.4) is 0 Å². The molecule has 0 bridgehead atoms. The molecule has 4 nitrogen and oxygen atoms in total. The van der Waals surface area contributed by atoms with Crippen LogP contribution in [0.25, 0.3) is 0 Å². The van der Waals surface area contributed by atoms with E-state index in [2.05, 4.69) is 25.9 Å². The second-order valence-electron chi connectivity index (χ2n) is 5.51. The zero-order valence-corrected chi connectivity index (χ0v) is 16.0. The Morgan fingerprint density at radius 3 is 2.54 bits per heavy atom. The van der Waals surface area contributed by atoms with E-state index in [4.69, 9.17) is 5.73 Å². The van der Waals surface area contributed by atoms with Gasteiger partial charge in [0.25, 0.3) is 0 Å². The SMILES string of the molecule is N#Cc1c(N)nc(SCc2ccc(Br)cc2)nc1Cc1ccccc1F. The maximum atomic E-state index is 13.9. The maximum Gasteiger partial charge on any atom is 0.190 e. The summed E-state index contributed by atoms with van der Waals surface area (Å²) >= 11 is 4.83. The summed E-state index contributed by atoms with van der Waals surface area (Å²) in [6.45, 7) is 0. The molecule has 0 atom stereocenters. The molecule has 0 aliphatic heterocycles. The van der Waals surface area contributed by atoms with Gasteiger partial charge in [-0.3, -0.25) is 0 Å². The van der Waals surface area contributed by atoms with E-state index in [1.807, 2.05) is 30.3 Å². The molecule has 1 aromatic heterocycles. The van der Waals surface area contributed by atoms with Crippen molar-refractivity contribution in [1.29, 1.82) is 5.26 Å². The van der Waals surface area contributed by atoms with Crippen molar-refractivity contribution in [1.82, 2.24) is 9.97 Å². The van der Waals surface area contributed by atoms with Gasteiger partial charge < -0.3 is 5.73 Å². The lowest BCUT2D eigenvalue weighted by Crippen LogP contribution is -2.06. The second-order valence-corrected chi connectivity index (χ2v) is 7.37. The largest absolute Gasteiger partial charge is 0.382 e. The Hall–Kier alpha value is -2.43. The minimum atomic E-state index is -0.336. The molecule has 0 spiro atoms. The minimum Gasteiger partial charge on any atom is -0.382 e. The molecule has 0 amide bonds. The Morgan fingerprint density at radius 2 is 1.85 bits per heavy atom. The third kappa shape index (κ3) is 4.40. The summed E-state index contributed by atoms with van der Waals surface area (Å²) in [6, 6.07) is 16.4. The predicted molar refractivity (Wildman–Crippen MR) is 104 cm³/mol. The van der Waals surface area contributed by atoms with Crippen molar-refractivity contribution in [3.63, 3.8) is 0 Å². The molecule has 1 heterocycles. The highest BCUT2D eigenvalue weighted by atomic mass is 79.9. The van der Waals surface area contributed by atoms with Gasteiger partial charge in [-0.15, -0.1) is 0 Å². The molecule has 2 aromatic carbocycles. The molecule has 3 rings (SSSR count). The molecular formula is C19H14BrFN4S. The van der Waals surface area contributed by atoms with Crippen LogP contribution in [0.15, 0.2) is 58.2 Å². The molecule has 0 saturated heterocycles. The van der Waals surface area contributed by atoms with Crippen LogP contribution in [-0.2, 0) is 12.2 Å². The molecular weight excluding hydrogens is 415 g/mol. The zero-order valence-electron chi connectivity index (χ0n) is 13.6. The molecule has 0 unspecified atom stereocenters. The average molecular weight is 429 g/mol.